The van der Waals surface area contributed by atoms with E-state index in [1.807, 2.05) is 12.5 Å². The molecule has 1 saturated heterocycles. The van der Waals surface area contributed by atoms with Gasteiger partial charge in [0.1, 0.15) is 0 Å². The first-order valence-electron chi connectivity index (χ1n) is 7.22. The summed E-state index contributed by atoms with van der Waals surface area (Å²) in [5.74, 6) is 1.54. The molecule has 0 atom stereocenters. The third kappa shape index (κ3) is 3.12. The predicted molar refractivity (Wildman–Crippen MR) is 70.6 cm³/mol. The molecular weight excluding hydrogens is 226 g/mol. The Hall–Kier alpha value is -0.870. The van der Waals surface area contributed by atoms with Crippen LogP contribution in [0.3, 0.4) is 0 Å². The lowest BCUT2D eigenvalue weighted by molar-refractivity contribution is 0.116. The molecule has 1 aliphatic carbocycles. The Morgan fingerprint density at radius 3 is 2.89 bits per heavy atom. The van der Waals surface area contributed by atoms with Crippen LogP contribution in [-0.4, -0.2) is 35.9 Å². The van der Waals surface area contributed by atoms with E-state index >= 15 is 0 Å². The maximum atomic E-state index is 5.71. The third-order valence-electron chi connectivity index (χ3n) is 4.03. The summed E-state index contributed by atoms with van der Waals surface area (Å²) in [5, 5.41) is 3.41. The zero-order chi connectivity index (χ0) is 12.2. The average Bonchev–Trinajstić information content (AvgIpc) is 3.12. The second kappa shape index (κ2) is 5.85. The lowest BCUT2D eigenvalue weighted by Crippen LogP contribution is -2.27. The number of nitrogens with zero attached hydrogens (tertiary/aromatic N) is 2. The minimum Gasteiger partial charge on any atom is -0.379 e. The van der Waals surface area contributed by atoms with Gasteiger partial charge in [-0.3, -0.25) is 0 Å². The standard InChI is InChI=1S/C14H23N3O/c1-2-12(1)10-18-8-7-17-11-16-9-14(17)13-3-5-15-6-4-13/h9,11-13,15H,1-8,10H2. The van der Waals surface area contributed by atoms with E-state index in [0.717, 1.165) is 38.8 Å². The largest absolute Gasteiger partial charge is 0.379 e. The van der Waals surface area contributed by atoms with Gasteiger partial charge in [-0.25, -0.2) is 4.98 Å². The summed E-state index contributed by atoms with van der Waals surface area (Å²) in [4.78, 5) is 4.31. The number of piperidine rings is 1. The molecule has 0 aromatic carbocycles. The zero-order valence-electron chi connectivity index (χ0n) is 11.0. The molecule has 3 rings (SSSR count). The molecule has 0 bridgehead atoms. The highest BCUT2D eigenvalue weighted by Crippen LogP contribution is 2.29. The first-order chi connectivity index (χ1) is 8.93. The van der Waals surface area contributed by atoms with Crippen molar-refractivity contribution in [2.45, 2.75) is 38.1 Å². The van der Waals surface area contributed by atoms with Crippen LogP contribution < -0.4 is 5.32 Å². The molecule has 1 aromatic heterocycles. The van der Waals surface area contributed by atoms with Gasteiger partial charge in [-0.1, -0.05) is 0 Å². The Bertz CT molecular complexity index is 367. The Balaban J connectivity index is 1.49. The van der Waals surface area contributed by atoms with Gasteiger partial charge in [0.2, 0.25) is 0 Å². The van der Waals surface area contributed by atoms with Gasteiger partial charge in [0.05, 0.1) is 12.9 Å². The van der Waals surface area contributed by atoms with Gasteiger partial charge in [-0.2, -0.15) is 0 Å². The van der Waals surface area contributed by atoms with E-state index in [1.54, 1.807) is 0 Å². The Labute approximate surface area is 109 Å². The maximum Gasteiger partial charge on any atom is 0.0949 e. The van der Waals surface area contributed by atoms with Gasteiger partial charge in [0.15, 0.2) is 0 Å². The fourth-order valence-corrected chi connectivity index (χ4v) is 2.67. The van der Waals surface area contributed by atoms with Crippen molar-refractivity contribution in [3.8, 4) is 0 Å². The second-order valence-corrected chi connectivity index (χ2v) is 5.55. The maximum absolute atomic E-state index is 5.71. The van der Waals surface area contributed by atoms with Crippen LogP contribution in [0, 0.1) is 5.92 Å². The van der Waals surface area contributed by atoms with Crippen LogP contribution in [0.5, 0.6) is 0 Å². The minimum atomic E-state index is 0.678. The fraction of sp³-hybridized carbons (Fsp3) is 0.786. The van der Waals surface area contributed by atoms with Crippen molar-refractivity contribution < 1.29 is 4.74 Å². The van der Waals surface area contributed by atoms with Gasteiger partial charge in [-0.05, 0) is 44.7 Å². The number of imidazole rings is 1. The normalized spacial score (nSPS) is 21.3. The molecule has 1 aromatic rings. The van der Waals surface area contributed by atoms with Gasteiger partial charge in [0, 0.05) is 31.0 Å². The van der Waals surface area contributed by atoms with Gasteiger partial charge in [0.25, 0.3) is 0 Å². The number of hydrogen-bond donors (Lipinski definition) is 1. The lowest BCUT2D eigenvalue weighted by atomic mass is 9.95. The van der Waals surface area contributed by atoms with Gasteiger partial charge < -0.3 is 14.6 Å². The zero-order valence-corrected chi connectivity index (χ0v) is 11.0. The molecule has 0 spiro atoms. The molecule has 1 saturated carbocycles. The van der Waals surface area contributed by atoms with E-state index in [2.05, 4.69) is 14.9 Å². The molecule has 100 valence electrons. The van der Waals surface area contributed by atoms with Crippen LogP contribution in [0.25, 0.3) is 0 Å². The van der Waals surface area contributed by atoms with Crippen molar-refractivity contribution in [1.29, 1.82) is 0 Å². The highest BCUT2D eigenvalue weighted by molar-refractivity contribution is 5.07. The molecule has 1 N–H and O–H groups in total. The highest BCUT2D eigenvalue weighted by Gasteiger charge is 2.21. The Morgan fingerprint density at radius 1 is 1.28 bits per heavy atom. The van der Waals surface area contributed by atoms with Crippen molar-refractivity contribution in [2.75, 3.05) is 26.3 Å². The molecule has 2 aliphatic rings. The first-order valence-corrected chi connectivity index (χ1v) is 7.22. The van der Waals surface area contributed by atoms with Crippen LogP contribution >= 0.6 is 0 Å². The summed E-state index contributed by atoms with van der Waals surface area (Å²) in [6.07, 6.45) is 9.19. The van der Waals surface area contributed by atoms with Crippen LogP contribution in [0.2, 0.25) is 0 Å². The smallest absolute Gasteiger partial charge is 0.0949 e. The Morgan fingerprint density at radius 2 is 2.11 bits per heavy atom. The molecule has 2 fully saturated rings. The molecule has 0 amide bonds. The van der Waals surface area contributed by atoms with Crippen LogP contribution in [0.1, 0.15) is 37.3 Å². The van der Waals surface area contributed by atoms with E-state index < -0.39 is 0 Å². The molecule has 0 radical (unpaired) electrons. The van der Waals surface area contributed by atoms with Gasteiger partial charge >= 0.3 is 0 Å². The topological polar surface area (TPSA) is 39.1 Å². The minimum absolute atomic E-state index is 0.678. The monoisotopic (exact) mass is 249 g/mol. The van der Waals surface area contributed by atoms with Crippen molar-refractivity contribution in [3.05, 3.63) is 18.2 Å². The molecule has 1 aliphatic heterocycles. The summed E-state index contributed by atoms with van der Waals surface area (Å²) >= 11 is 0. The average molecular weight is 249 g/mol. The summed E-state index contributed by atoms with van der Waals surface area (Å²) in [6.45, 7) is 5.00. The van der Waals surface area contributed by atoms with Gasteiger partial charge in [-0.15, -0.1) is 0 Å². The quantitative estimate of drug-likeness (QED) is 0.781. The lowest BCUT2D eigenvalue weighted by Gasteiger charge is -2.23. The molecule has 4 nitrogen and oxygen atoms in total. The molecule has 18 heavy (non-hydrogen) atoms. The fourth-order valence-electron chi connectivity index (χ4n) is 2.67. The number of rotatable bonds is 6. The van der Waals surface area contributed by atoms with Crippen molar-refractivity contribution >= 4 is 0 Å². The van der Waals surface area contributed by atoms with Crippen LogP contribution in [-0.2, 0) is 11.3 Å². The summed E-state index contributed by atoms with van der Waals surface area (Å²) in [7, 11) is 0. The number of hydrogen-bond acceptors (Lipinski definition) is 3. The highest BCUT2D eigenvalue weighted by atomic mass is 16.5. The third-order valence-corrected chi connectivity index (χ3v) is 4.03. The van der Waals surface area contributed by atoms with Crippen molar-refractivity contribution in [1.82, 2.24) is 14.9 Å². The van der Waals surface area contributed by atoms with E-state index in [-0.39, 0.29) is 0 Å². The first kappa shape index (κ1) is 12.2. The van der Waals surface area contributed by atoms with Crippen LogP contribution in [0.4, 0.5) is 0 Å². The van der Waals surface area contributed by atoms with E-state index in [1.165, 1.54) is 31.4 Å². The predicted octanol–water partition coefficient (Wildman–Crippen LogP) is 1.78. The SMILES string of the molecule is c1ncn(CCOCC2CC2)c1C1CCNCC1. The Kier molecular flexibility index (Phi) is 3.96. The van der Waals surface area contributed by atoms with E-state index in [4.69, 9.17) is 4.74 Å². The summed E-state index contributed by atoms with van der Waals surface area (Å²) in [5.41, 5.74) is 1.39. The second-order valence-electron chi connectivity index (χ2n) is 5.55. The molecule has 0 unspecified atom stereocenters. The number of ether oxygens (including phenoxy) is 1. The van der Waals surface area contributed by atoms with E-state index in [0.29, 0.717) is 5.92 Å². The number of aromatic nitrogens is 2. The van der Waals surface area contributed by atoms with Crippen molar-refractivity contribution in [2.24, 2.45) is 5.92 Å². The molecular formula is C14H23N3O. The summed E-state index contributed by atoms with van der Waals surface area (Å²) < 4.78 is 7.99. The molecule has 4 heteroatoms. The van der Waals surface area contributed by atoms with E-state index in [9.17, 15) is 0 Å². The summed E-state index contributed by atoms with van der Waals surface area (Å²) in [6, 6.07) is 0. The van der Waals surface area contributed by atoms with Crippen molar-refractivity contribution in [3.63, 3.8) is 0 Å². The molecule has 2 heterocycles. The number of nitrogens with one attached hydrogen (secondary N) is 1. The van der Waals surface area contributed by atoms with Crippen LogP contribution in [0.15, 0.2) is 12.5 Å².